The van der Waals surface area contributed by atoms with Crippen molar-refractivity contribution in [1.82, 2.24) is 0 Å². The molecule has 0 unspecified atom stereocenters. The summed E-state index contributed by atoms with van der Waals surface area (Å²) in [5.41, 5.74) is 2.77. The number of anilines is 1. The molecule has 1 aliphatic heterocycles. The SMILES string of the molecule is O=C1[C@@H]2C3c4ccccc4C([N+](=O)[O-])(c4ccccc43)[C@@H]2C(=O)N1c1ccccc1-c1ccccc1. The molecule has 1 heterocycles. The first-order valence-electron chi connectivity index (χ1n) is 11.9. The normalized spacial score (nSPS) is 25.3. The molecule has 4 aromatic rings. The monoisotopic (exact) mass is 472 g/mol. The quantitative estimate of drug-likeness (QED) is 0.235. The van der Waals surface area contributed by atoms with Crippen LogP contribution in [0.15, 0.2) is 103 Å². The van der Waals surface area contributed by atoms with Gasteiger partial charge in [0.05, 0.1) is 11.6 Å². The van der Waals surface area contributed by atoms with Gasteiger partial charge in [-0.05, 0) is 22.8 Å². The van der Waals surface area contributed by atoms with E-state index >= 15 is 0 Å². The number of carbonyl (C=O) groups is 2. The van der Waals surface area contributed by atoms with E-state index in [2.05, 4.69) is 0 Å². The van der Waals surface area contributed by atoms with Crippen molar-refractivity contribution < 1.29 is 14.5 Å². The van der Waals surface area contributed by atoms with Gasteiger partial charge in [0.15, 0.2) is 0 Å². The standard InChI is InChI=1S/C30H20N2O4/c33-28-26-25-20-13-4-7-15-22(20)30(32(35)36,23-16-8-5-14-21(23)25)27(26)29(34)31(28)24-17-9-6-12-19(24)18-10-2-1-3-11-18/h1-17,25-27H/t25?,26-,27+,30?/m1/s1. The van der Waals surface area contributed by atoms with Crippen molar-refractivity contribution in [2.75, 3.05) is 4.90 Å². The lowest BCUT2D eigenvalue weighted by Crippen LogP contribution is -2.57. The highest BCUT2D eigenvalue weighted by molar-refractivity contribution is 6.25. The Morgan fingerprint density at radius 3 is 1.89 bits per heavy atom. The van der Waals surface area contributed by atoms with Crippen LogP contribution in [-0.4, -0.2) is 16.7 Å². The fraction of sp³-hybridized carbons (Fsp3) is 0.133. The van der Waals surface area contributed by atoms with Gasteiger partial charge in [0, 0.05) is 27.5 Å². The Labute approximate surface area is 207 Å². The largest absolute Gasteiger partial charge is 0.285 e. The Hall–Kier alpha value is -4.58. The molecule has 0 spiro atoms. The molecule has 174 valence electrons. The van der Waals surface area contributed by atoms with E-state index < -0.39 is 29.2 Å². The summed E-state index contributed by atoms with van der Waals surface area (Å²) in [5.74, 6) is -3.29. The van der Waals surface area contributed by atoms with Crippen molar-refractivity contribution in [2.24, 2.45) is 11.8 Å². The van der Waals surface area contributed by atoms with Crippen LogP contribution >= 0.6 is 0 Å². The van der Waals surface area contributed by atoms with Gasteiger partial charge in [0.1, 0.15) is 5.92 Å². The number of hydrogen-bond acceptors (Lipinski definition) is 4. The van der Waals surface area contributed by atoms with Crippen molar-refractivity contribution >= 4 is 17.5 Å². The van der Waals surface area contributed by atoms with E-state index in [9.17, 15) is 19.7 Å². The van der Waals surface area contributed by atoms with Crippen LogP contribution in [0.5, 0.6) is 0 Å². The van der Waals surface area contributed by atoms with E-state index in [0.29, 0.717) is 16.8 Å². The fourth-order valence-electron chi connectivity index (χ4n) is 6.81. The second-order valence-corrected chi connectivity index (χ2v) is 9.57. The van der Waals surface area contributed by atoms with Crippen LogP contribution in [0.4, 0.5) is 5.69 Å². The van der Waals surface area contributed by atoms with E-state index in [-0.39, 0.29) is 10.8 Å². The highest BCUT2D eigenvalue weighted by atomic mass is 16.6. The lowest BCUT2D eigenvalue weighted by Gasteiger charge is -2.48. The van der Waals surface area contributed by atoms with Crippen molar-refractivity contribution in [3.8, 4) is 11.1 Å². The van der Waals surface area contributed by atoms with E-state index in [1.807, 2.05) is 66.7 Å². The summed E-state index contributed by atoms with van der Waals surface area (Å²) in [6, 6.07) is 31.2. The molecule has 6 heteroatoms. The summed E-state index contributed by atoms with van der Waals surface area (Å²) in [5, 5.41) is 13.1. The van der Waals surface area contributed by atoms with E-state index in [1.54, 1.807) is 36.4 Å². The molecule has 1 saturated heterocycles. The molecule has 0 aromatic heterocycles. The maximum absolute atomic E-state index is 14.3. The third-order valence-corrected chi connectivity index (χ3v) is 8.09. The summed E-state index contributed by atoms with van der Waals surface area (Å²) >= 11 is 0. The molecule has 1 fully saturated rings. The number of para-hydroxylation sites is 1. The second kappa shape index (κ2) is 7.21. The Morgan fingerprint density at radius 2 is 1.25 bits per heavy atom. The number of amides is 2. The molecule has 0 radical (unpaired) electrons. The molecule has 2 amide bonds. The Morgan fingerprint density at radius 1 is 0.694 bits per heavy atom. The van der Waals surface area contributed by atoms with Crippen LogP contribution in [0, 0.1) is 22.0 Å². The number of carbonyl (C=O) groups excluding carboxylic acids is 2. The third kappa shape index (κ3) is 2.36. The minimum Gasteiger partial charge on any atom is -0.274 e. The van der Waals surface area contributed by atoms with Crippen molar-refractivity contribution in [3.63, 3.8) is 0 Å². The minimum absolute atomic E-state index is 0.338. The van der Waals surface area contributed by atoms with Crippen LogP contribution in [0.2, 0.25) is 0 Å². The minimum atomic E-state index is -1.82. The number of rotatable bonds is 3. The van der Waals surface area contributed by atoms with E-state index in [4.69, 9.17) is 0 Å². The van der Waals surface area contributed by atoms with Gasteiger partial charge < -0.3 is 0 Å². The second-order valence-electron chi connectivity index (χ2n) is 9.57. The molecular weight excluding hydrogens is 452 g/mol. The predicted octanol–water partition coefficient (Wildman–Crippen LogP) is 5.14. The molecule has 36 heavy (non-hydrogen) atoms. The maximum Gasteiger partial charge on any atom is 0.285 e. The van der Waals surface area contributed by atoms with Gasteiger partial charge in [0.25, 0.3) is 5.54 Å². The summed E-state index contributed by atoms with van der Waals surface area (Å²) in [6.45, 7) is 0. The van der Waals surface area contributed by atoms with Crippen molar-refractivity contribution in [2.45, 2.75) is 11.5 Å². The summed E-state index contributed by atoms with van der Waals surface area (Å²) < 4.78 is 0. The zero-order valence-corrected chi connectivity index (χ0v) is 19.1. The number of nitrogens with zero attached hydrogens (tertiary/aromatic N) is 2. The molecule has 6 nitrogen and oxygen atoms in total. The molecule has 2 atom stereocenters. The van der Waals surface area contributed by atoms with E-state index in [0.717, 1.165) is 22.3 Å². The first-order valence-corrected chi connectivity index (χ1v) is 11.9. The topological polar surface area (TPSA) is 80.5 Å². The van der Waals surface area contributed by atoms with Crippen molar-refractivity contribution in [1.29, 1.82) is 0 Å². The maximum atomic E-state index is 14.3. The summed E-state index contributed by atoms with van der Waals surface area (Å²) in [7, 11) is 0. The van der Waals surface area contributed by atoms with Gasteiger partial charge in [-0.25, -0.2) is 4.90 Å². The highest BCUT2D eigenvalue weighted by Crippen LogP contribution is 2.64. The van der Waals surface area contributed by atoms with Crippen molar-refractivity contribution in [3.05, 3.63) is 135 Å². The third-order valence-electron chi connectivity index (χ3n) is 8.09. The molecule has 3 aliphatic carbocycles. The molecule has 4 aliphatic rings. The van der Waals surface area contributed by atoms with Crippen LogP contribution in [0.25, 0.3) is 11.1 Å². The Bertz CT molecular complexity index is 1550. The average Bonchev–Trinajstić information content (AvgIpc) is 3.19. The summed E-state index contributed by atoms with van der Waals surface area (Å²) in [6.07, 6.45) is 0. The number of imide groups is 1. The molecule has 0 saturated carbocycles. The Balaban J connectivity index is 1.50. The smallest absolute Gasteiger partial charge is 0.274 e. The molecule has 0 N–H and O–H groups in total. The molecular formula is C30H20N2O4. The number of benzene rings is 4. The summed E-state index contributed by atoms with van der Waals surface area (Å²) in [4.78, 5) is 42.4. The molecule has 4 aromatic carbocycles. The van der Waals surface area contributed by atoms with Gasteiger partial charge >= 0.3 is 0 Å². The van der Waals surface area contributed by atoms with Crippen LogP contribution < -0.4 is 4.90 Å². The lowest BCUT2D eigenvalue weighted by molar-refractivity contribution is -0.578. The van der Waals surface area contributed by atoms with Gasteiger partial charge in [-0.3, -0.25) is 19.7 Å². The predicted molar refractivity (Wildman–Crippen MR) is 134 cm³/mol. The van der Waals surface area contributed by atoms with Gasteiger partial charge in [-0.15, -0.1) is 0 Å². The average molecular weight is 473 g/mol. The fourth-order valence-corrected chi connectivity index (χ4v) is 6.81. The van der Waals surface area contributed by atoms with Crippen LogP contribution in [-0.2, 0) is 15.1 Å². The zero-order chi connectivity index (χ0) is 24.6. The Kier molecular flexibility index (Phi) is 4.16. The number of nitro groups is 1. The van der Waals surface area contributed by atoms with Gasteiger partial charge in [0.2, 0.25) is 11.8 Å². The first-order chi connectivity index (χ1) is 17.6. The van der Waals surface area contributed by atoms with Crippen LogP contribution in [0.3, 0.4) is 0 Å². The van der Waals surface area contributed by atoms with E-state index in [1.165, 1.54) is 4.90 Å². The first kappa shape index (κ1) is 20.8. The zero-order valence-electron chi connectivity index (χ0n) is 19.1. The van der Waals surface area contributed by atoms with Gasteiger partial charge in [-0.2, -0.15) is 0 Å². The van der Waals surface area contributed by atoms with Crippen LogP contribution in [0.1, 0.15) is 28.2 Å². The number of hydrogen-bond donors (Lipinski definition) is 0. The highest BCUT2D eigenvalue weighted by Gasteiger charge is 2.74. The van der Waals surface area contributed by atoms with Gasteiger partial charge in [-0.1, -0.05) is 97.1 Å². The molecule has 8 rings (SSSR count). The molecule has 2 bridgehead atoms. The lowest BCUT2D eigenvalue weighted by atomic mass is 9.51.